The van der Waals surface area contributed by atoms with E-state index >= 15 is 0 Å². The smallest absolute Gasteiger partial charge is 0.0563 e. The van der Waals surface area contributed by atoms with Crippen molar-refractivity contribution in [3.8, 4) is 0 Å². The molecule has 0 aromatic rings. The summed E-state index contributed by atoms with van der Waals surface area (Å²) in [7, 11) is 0. The van der Waals surface area contributed by atoms with E-state index in [1.54, 1.807) is 0 Å². The van der Waals surface area contributed by atoms with Crippen LogP contribution in [0.5, 0.6) is 0 Å². The topological polar surface area (TPSA) is 29.5 Å². The third kappa shape index (κ3) is 4.10. The Balaban J connectivity index is 2.10. The summed E-state index contributed by atoms with van der Waals surface area (Å²) < 4.78 is 5.29. The van der Waals surface area contributed by atoms with Crippen LogP contribution in [0, 0.1) is 11.8 Å². The first-order valence-electron chi connectivity index (χ1n) is 5.46. The van der Waals surface area contributed by atoms with Crippen molar-refractivity contribution in [2.24, 2.45) is 11.8 Å². The number of hydrogen-bond acceptors (Lipinski definition) is 2. The van der Waals surface area contributed by atoms with Gasteiger partial charge in [-0.05, 0) is 37.5 Å². The lowest BCUT2D eigenvalue weighted by atomic mass is 9.91. The van der Waals surface area contributed by atoms with Gasteiger partial charge in [0.05, 0.1) is 6.10 Å². The van der Waals surface area contributed by atoms with Gasteiger partial charge in [-0.1, -0.05) is 13.8 Å². The molecule has 13 heavy (non-hydrogen) atoms. The summed E-state index contributed by atoms with van der Waals surface area (Å²) in [5.74, 6) is 1.20. The molecule has 1 unspecified atom stereocenters. The molecule has 0 aromatic heterocycles. The van der Waals surface area contributed by atoms with Crippen LogP contribution in [-0.4, -0.2) is 24.4 Å². The van der Waals surface area contributed by atoms with Gasteiger partial charge in [0.25, 0.3) is 0 Å². The molecule has 0 radical (unpaired) electrons. The molecule has 1 heterocycles. The van der Waals surface area contributed by atoms with Crippen LogP contribution < -0.4 is 0 Å². The maximum Gasteiger partial charge on any atom is 0.0563 e. The van der Waals surface area contributed by atoms with Crippen LogP contribution in [0.15, 0.2) is 0 Å². The van der Waals surface area contributed by atoms with Gasteiger partial charge in [0.1, 0.15) is 0 Å². The van der Waals surface area contributed by atoms with Crippen molar-refractivity contribution in [1.82, 2.24) is 0 Å². The number of aliphatic hydroxyl groups excluding tert-OH is 1. The van der Waals surface area contributed by atoms with Crippen LogP contribution in [0.3, 0.4) is 0 Å². The fourth-order valence-electron chi connectivity index (χ4n) is 1.77. The van der Waals surface area contributed by atoms with Crippen LogP contribution >= 0.6 is 0 Å². The molecule has 1 saturated heterocycles. The minimum Gasteiger partial charge on any atom is -0.393 e. The molecule has 0 aliphatic carbocycles. The Kier molecular flexibility index (Phi) is 4.74. The molecule has 1 rings (SSSR count). The highest BCUT2D eigenvalue weighted by Crippen LogP contribution is 2.22. The number of rotatable bonds is 4. The summed E-state index contributed by atoms with van der Waals surface area (Å²) in [5, 5.41) is 9.63. The standard InChI is InChI=1S/C11H22O2/c1-9(2)11(12)4-3-10-5-7-13-8-6-10/h9-12H,3-8H2,1-2H3. The second-order valence-corrected chi connectivity index (χ2v) is 4.44. The maximum atomic E-state index is 9.63. The molecular weight excluding hydrogens is 164 g/mol. The van der Waals surface area contributed by atoms with E-state index in [4.69, 9.17) is 4.74 Å². The first-order valence-corrected chi connectivity index (χ1v) is 5.46. The first-order chi connectivity index (χ1) is 6.20. The molecule has 0 spiro atoms. The van der Waals surface area contributed by atoms with Crippen molar-refractivity contribution >= 4 is 0 Å². The van der Waals surface area contributed by atoms with Gasteiger partial charge in [0.15, 0.2) is 0 Å². The SMILES string of the molecule is CC(C)C(O)CCC1CCOCC1. The van der Waals surface area contributed by atoms with Gasteiger partial charge < -0.3 is 9.84 Å². The average Bonchev–Trinajstić information content (AvgIpc) is 2.15. The highest BCUT2D eigenvalue weighted by atomic mass is 16.5. The number of ether oxygens (including phenoxy) is 1. The van der Waals surface area contributed by atoms with Crippen LogP contribution in [0.25, 0.3) is 0 Å². The Morgan fingerprint density at radius 3 is 2.46 bits per heavy atom. The average molecular weight is 186 g/mol. The summed E-state index contributed by atoms with van der Waals surface area (Å²) in [6, 6.07) is 0. The van der Waals surface area contributed by atoms with Gasteiger partial charge in [0.2, 0.25) is 0 Å². The molecule has 2 nitrogen and oxygen atoms in total. The van der Waals surface area contributed by atoms with E-state index in [1.165, 1.54) is 19.3 Å². The molecule has 1 N–H and O–H groups in total. The predicted octanol–water partition coefficient (Wildman–Crippen LogP) is 2.21. The third-order valence-electron chi connectivity index (χ3n) is 2.98. The van der Waals surface area contributed by atoms with E-state index in [0.717, 1.165) is 25.6 Å². The maximum absolute atomic E-state index is 9.63. The van der Waals surface area contributed by atoms with Crippen molar-refractivity contribution < 1.29 is 9.84 Å². The second kappa shape index (κ2) is 5.61. The van der Waals surface area contributed by atoms with E-state index in [2.05, 4.69) is 13.8 Å². The Morgan fingerprint density at radius 1 is 1.31 bits per heavy atom. The first kappa shape index (κ1) is 11.0. The fourth-order valence-corrected chi connectivity index (χ4v) is 1.77. The fraction of sp³-hybridized carbons (Fsp3) is 1.00. The van der Waals surface area contributed by atoms with E-state index in [0.29, 0.717) is 5.92 Å². The number of aliphatic hydroxyl groups is 1. The lowest BCUT2D eigenvalue weighted by Crippen LogP contribution is -2.20. The zero-order chi connectivity index (χ0) is 9.68. The molecule has 0 saturated carbocycles. The number of hydrogen-bond donors (Lipinski definition) is 1. The van der Waals surface area contributed by atoms with E-state index in [-0.39, 0.29) is 6.10 Å². The lowest BCUT2D eigenvalue weighted by molar-refractivity contribution is 0.0518. The van der Waals surface area contributed by atoms with Gasteiger partial charge in [-0.3, -0.25) is 0 Å². The molecule has 1 atom stereocenters. The Hall–Kier alpha value is -0.0800. The molecule has 2 heteroatoms. The predicted molar refractivity (Wildman–Crippen MR) is 53.6 cm³/mol. The quantitative estimate of drug-likeness (QED) is 0.729. The lowest BCUT2D eigenvalue weighted by Gasteiger charge is -2.23. The zero-order valence-electron chi connectivity index (χ0n) is 8.83. The van der Waals surface area contributed by atoms with Crippen LogP contribution in [0.1, 0.15) is 39.5 Å². The van der Waals surface area contributed by atoms with Crippen molar-refractivity contribution in [1.29, 1.82) is 0 Å². The van der Waals surface area contributed by atoms with E-state index < -0.39 is 0 Å². The molecule has 0 aromatic carbocycles. The van der Waals surface area contributed by atoms with E-state index in [1.807, 2.05) is 0 Å². The zero-order valence-corrected chi connectivity index (χ0v) is 8.83. The minimum absolute atomic E-state index is 0.108. The van der Waals surface area contributed by atoms with Crippen molar-refractivity contribution in [3.63, 3.8) is 0 Å². The molecule has 0 bridgehead atoms. The summed E-state index contributed by atoms with van der Waals surface area (Å²) in [5.41, 5.74) is 0. The molecule has 78 valence electrons. The van der Waals surface area contributed by atoms with Gasteiger partial charge in [0, 0.05) is 13.2 Å². The highest BCUT2D eigenvalue weighted by molar-refractivity contribution is 4.67. The molecular formula is C11H22O2. The normalized spacial score (nSPS) is 22.2. The third-order valence-corrected chi connectivity index (χ3v) is 2.98. The summed E-state index contributed by atoms with van der Waals surface area (Å²) in [4.78, 5) is 0. The second-order valence-electron chi connectivity index (χ2n) is 4.44. The Morgan fingerprint density at radius 2 is 1.92 bits per heavy atom. The molecule has 1 aliphatic rings. The Bertz CT molecular complexity index is 128. The van der Waals surface area contributed by atoms with Gasteiger partial charge >= 0.3 is 0 Å². The van der Waals surface area contributed by atoms with Gasteiger partial charge in [-0.15, -0.1) is 0 Å². The summed E-state index contributed by atoms with van der Waals surface area (Å²) in [6.45, 7) is 5.99. The monoisotopic (exact) mass is 186 g/mol. The molecule has 1 fully saturated rings. The molecule has 0 amide bonds. The molecule has 1 aliphatic heterocycles. The minimum atomic E-state index is -0.108. The Labute approximate surface area is 81.3 Å². The summed E-state index contributed by atoms with van der Waals surface area (Å²) in [6.07, 6.45) is 4.39. The van der Waals surface area contributed by atoms with Crippen LogP contribution in [0.2, 0.25) is 0 Å². The van der Waals surface area contributed by atoms with Crippen LogP contribution in [0.4, 0.5) is 0 Å². The van der Waals surface area contributed by atoms with Crippen molar-refractivity contribution in [2.45, 2.75) is 45.6 Å². The largest absolute Gasteiger partial charge is 0.393 e. The highest BCUT2D eigenvalue weighted by Gasteiger charge is 2.16. The van der Waals surface area contributed by atoms with Gasteiger partial charge in [-0.2, -0.15) is 0 Å². The van der Waals surface area contributed by atoms with Crippen LogP contribution in [-0.2, 0) is 4.74 Å². The van der Waals surface area contributed by atoms with E-state index in [9.17, 15) is 5.11 Å². The van der Waals surface area contributed by atoms with Gasteiger partial charge in [-0.25, -0.2) is 0 Å². The van der Waals surface area contributed by atoms with Crippen molar-refractivity contribution in [3.05, 3.63) is 0 Å². The summed E-state index contributed by atoms with van der Waals surface area (Å²) >= 11 is 0. The van der Waals surface area contributed by atoms with Crippen molar-refractivity contribution in [2.75, 3.05) is 13.2 Å².